The van der Waals surface area contributed by atoms with E-state index < -0.39 is 0 Å². The van der Waals surface area contributed by atoms with Gasteiger partial charge >= 0.3 is 5.97 Å². The summed E-state index contributed by atoms with van der Waals surface area (Å²) >= 11 is 1.78. The third-order valence-corrected chi connectivity index (χ3v) is 5.80. The summed E-state index contributed by atoms with van der Waals surface area (Å²) in [7, 11) is 4.21. The number of rotatable bonds is 6. The summed E-state index contributed by atoms with van der Waals surface area (Å²) in [6.07, 6.45) is 8.87. The Balaban J connectivity index is 1.96. The number of hydrogen-bond donors (Lipinski definition) is 0. The Labute approximate surface area is 166 Å². The largest absolute Gasteiger partial charge is 0.463 e. The topological polar surface area (TPSA) is 29.5 Å². The number of thiophene rings is 1. The summed E-state index contributed by atoms with van der Waals surface area (Å²) < 4.78 is 4.99. The average molecular weight is 382 g/mol. The van der Waals surface area contributed by atoms with E-state index in [0.29, 0.717) is 6.61 Å². The Bertz CT molecular complexity index is 861. The molecule has 1 aliphatic carbocycles. The lowest BCUT2D eigenvalue weighted by Gasteiger charge is -2.11. The minimum absolute atomic E-state index is 0.284. The summed E-state index contributed by atoms with van der Waals surface area (Å²) in [5.41, 5.74) is 5.40. The van der Waals surface area contributed by atoms with Crippen LogP contribution in [0, 0.1) is 0 Å². The van der Waals surface area contributed by atoms with E-state index in [9.17, 15) is 4.79 Å². The number of fused-ring (bicyclic) bond motifs is 2. The standard InChI is InChI=1S/C23H27NO2S/c1-4-26-23(25)14-12-18-16-21-20(10-7-15-24(2)3)19-9-6-5-8-17(19)11-13-22(21)27-18/h5-6,8-10,12,14,16H,4,7,11,13,15H2,1-3H3/b14-12+,20-10-. The molecule has 1 aliphatic rings. The van der Waals surface area contributed by atoms with Crippen LogP contribution in [-0.4, -0.2) is 38.1 Å². The van der Waals surface area contributed by atoms with Crippen LogP contribution < -0.4 is 0 Å². The number of nitrogens with zero attached hydrogens (tertiary/aromatic N) is 1. The Hall–Kier alpha value is -2.17. The Morgan fingerprint density at radius 2 is 2.04 bits per heavy atom. The zero-order valence-corrected chi connectivity index (χ0v) is 17.1. The van der Waals surface area contributed by atoms with E-state index in [1.54, 1.807) is 11.3 Å². The van der Waals surface area contributed by atoms with Gasteiger partial charge in [-0.1, -0.05) is 30.3 Å². The molecular weight excluding hydrogens is 354 g/mol. The van der Waals surface area contributed by atoms with Gasteiger partial charge in [-0.25, -0.2) is 4.79 Å². The molecule has 0 amide bonds. The maximum Gasteiger partial charge on any atom is 0.330 e. The highest BCUT2D eigenvalue weighted by molar-refractivity contribution is 7.13. The van der Waals surface area contributed by atoms with Crippen LogP contribution in [0.25, 0.3) is 11.6 Å². The Morgan fingerprint density at radius 1 is 1.22 bits per heavy atom. The van der Waals surface area contributed by atoms with Gasteiger partial charge in [0.05, 0.1) is 6.61 Å². The molecule has 3 rings (SSSR count). The van der Waals surface area contributed by atoms with E-state index in [1.165, 1.54) is 33.2 Å². The molecule has 2 aromatic rings. The van der Waals surface area contributed by atoms with Gasteiger partial charge in [0, 0.05) is 22.4 Å². The monoisotopic (exact) mass is 381 g/mol. The molecule has 0 bridgehead atoms. The van der Waals surface area contributed by atoms with Gasteiger partial charge in [0.2, 0.25) is 0 Å². The second-order valence-electron chi connectivity index (χ2n) is 6.94. The van der Waals surface area contributed by atoms with Crippen LogP contribution in [0.3, 0.4) is 0 Å². The van der Waals surface area contributed by atoms with Crippen molar-refractivity contribution in [1.82, 2.24) is 4.90 Å². The fourth-order valence-corrected chi connectivity index (χ4v) is 4.45. The fraction of sp³-hybridized carbons (Fsp3) is 0.348. The van der Waals surface area contributed by atoms with Crippen molar-refractivity contribution >= 4 is 29.0 Å². The zero-order chi connectivity index (χ0) is 19.2. The van der Waals surface area contributed by atoms with Crippen LogP contribution in [-0.2, 0) is 22.4 Å². The molecule has 0 unspecified atom stereocenters. The van der Waals surface area contributed by atoms with Crippen LogP contribution in [0.2, 0.25) is 0 Å². The molecule has 0 N–H and O–H groups in total. The van der Waals surface area contributed by atoms with Crippen molar-refractivity contribution in [2.45, 2.75) is 26.2 Å². The van der Waals surface area contributed by atoms with Gasteiger partial charge in [0.15, 0.2) is 0 Å². The van der Waals surface area contributed by atoms with E-state index in [1.807, 2.05) is 13.0 Å². The van der Waals surface area contributed by atoms with Crippen molar-refractivity contribution in [1.29, 1.82) is 0 Å². The minimum atomic E-state index is -0.284. The summed E-state index contributed by atoms with van der Waals surface area (Å²) in [6, 6.07) is 10.9. The SMILES string of the molecule is CCOC(=O)/C=C/c1cc2c(s1)CCc1ccccc1/C2=C/CCN(C)C. The number of esters is 1. The summed E-state index contributed by atoms with van der Waals surface area (Å²) in [6.45, 7) is 3.25. The van der Waals surface area contributed by atoms with Crippen LogP contribution in [0.4, 0.5) is 0 Å². The molecule has 27 heavy (non-hydrogen) atoms. The molecule has 4 heteroatoms. The average Bonchev–Trinajstić information content (AvgIpc) is 2.99. The number of carbonyl (C=O) groups is 1. The molecule has 0 saturated carbocycles. The number of aryl methyl sites for hydroxylation is 2. The Morgan fingerprint density at radius 3 is 2.81 bits per heavy atom. The number of carbonyl (C=O) groups excluding carboxylic acids is 1. The highest BCUT2D eigenvalue weighted by Crippen LogP contribution is 2.38. The molecule has 0 saturated heterocycles. The van der Waals surface area contributed by atoms with Crippen molar-refractivity contribution in [3.05, 3.63) is 68.9 Å². The first-order valence-corrected chi connectivity index (χ1v) is 10.3. The molecule has 0 atom stereocenters. The Kier molecular flexibility index (Phi) is 6.64. The van der Waals surface area contributed by atoms with Crippen LogP contribution in [0.5, 0.6) is 0 Å². The van der Waals surface area contributed by atoms with Gasteiger partial charge in [-0.3, -0.25) is 0 Å². The maximum absolute atomic E-state index is 11.6. The molecule has 0 fully saturated rings. The first-order valence-electron chi connectivity index (χ1n) is 9.49. The molecule has 0 aliphatic heterocycles. The zero-order valence-electron chi connectivity index (χ0n) is 16.3. The molecular formula is C23H27NO2S. The molecule has 1 aromatic heterocycles. The highest BCUT2D eigenvalue weighted by Gasteiger charge is 2.20. The number of benzene rings is 1. The van der Waals surface area contributed by atoms with E-state index in [-0.39, 0.29) is 5.97 Å². The van der Waals surface area contributed by atoms with Crippen molar-refractivity contribution in [3.63, 3.8) is 0 Å². The van der Waals surface area contributed by atoms with Crippen LogP contribution in [0.15, 0.2) is 42.5 Å². The van der Waals surface area contributed by atoms with Crippen molar-refractivity contribution < 1.29 is 9.53 Å². The first-order chi connectivity index (χ1) is 13.1. The minimum Gasteiger partial charge on any atom is -0.463 e. The van der Waals surface area contributed by atoms with E-state index in [4.69, 9.17) is 4.74 Å². The van der Waals surface area contributed by atoms with Crippen molar-refractivity contribution in [2.75, 3.05) is 27.2 Å². The lowest BCUT2D eigenvalue weighted by atomic mass is 9.95. The van der Waals surface area contributed by atoms with Crippen molar-refractivity contribution in [2.24, 2.45) is 0 Å². The van der Waals surface area contributed by atoms with Gasteiger partial charge in [-0.05, 0) is 74.7 Å². The number of hydrogen-bond acceptors (Lipinski definition) is 4. The first kappa shape index (κ1) is 19.6. The highest BCUT2D eigenvalue weighted by atomic mass is 32.1. The smallest absolute Gasteiger partial charge is 0.330 e. The lowest BCUT2D eigenvalue weighted by Crippen LogP contribution is -2.12. The second kappa shape index (κ2) is 9.16. The molecule has 0 radical (unpaired) electrons. The van der Waals surface area contributed by atoms with Crippen LogP contribution >= 0.6 is 11.3 Å². The predicted molar refractivity (Wildman–Crippen MR) is 114 cm³/mol. The van der Waals surface area contributed by atoms with Gasteiger partial charge in [-0.2, -0.15) is 0 Å². The van der Waals surface area contributed by atoms with E-state index >= 15 is 0 Å². The molecule has 0 spiro atoms. The van der Waals surface area contributed by atoms with Gasteiger partial charge < -0.3 is 9.64 Å². The predicted octanol–water partition coefficient (Wildman–Crippen LogP) is 4.81. The van der Waals surface area contributed by atoms with Gasteiger partial charge in [0.25, 0.3) is 0 Å². The third kappa shape index (κ3) is 4.96. The fourth-order valence-electron chi connectivity index (χ4n) is 3.37. The van der Waals surface area contributed by atoms with Gasteiger partial charge in [0.1, 0.15) is 0 Å². The van der Waals surface area contributed by atoms with Crippen molar-refractivity contribution in [3.8, 4) is 0 Å². The van der Waals surface area contributed by atoms with E-state index in [2.05, 4.69) is 55.4 Å². The normalized spacial score (nSPS) is 15.0. The molecule has 142 valence electrons. The van der Waals surface area contributed by atoms with Gasteiger partial charge in [-0.15, -0.1) is 11.3 Å². The second-order valence-corrected chi connectivity index (χ2v) is 8.11. The van der Waals surface area contributed by atoms with Crippen LogP contribution in [0.1, 0.15) is 39.8 Å². The quantitative estimate of drug-likeness (QED) is 0.531. The summed E-state index contributed by atoms with van der Waals surface area (Å²) in [4.78, 5) is 16.3. The lowest BCUT2D eigenvalue weighted by molar-refractivity contribution is -0.137. The molecule has 1 aromatic carbocycles. The summed E-state index contributed by atoms with van der Waals surface area (Å²) in [5.74, 6) is -0.284. The third-order valence-electron chi connectivity index (χ3n) is 4.64. The maximum atomic E-state index is 11.6. The molecule has 1 heterocycles. The summed E-state index contributed by atoms with van der Waals surface area (Å²) in [5, 5.41) is 0. The molecule has 3 nitrogen and oxygen atoms in total. The number of ether oxygens (including phenoxy) is 1. The van der Waals surface area contributed by atoms with E-state index in [0.717, 1.165) is 30.7 Å².